The van der Waals surface area contributed by atoms with Crippen LogP contribution in [0.25, 0.3) is 22.2 Å². The molecule has 5 nitrogen and oxygen atoms in total. The molecule has 0 bridgehead atoms. The minimum absolute atomic E-state index is 0.0984. The summed E-state index contributed by atoms with van der Waals surface area (Å²) in [5.74, 6) is 0.227. The Bertz CT molecular complexity index is 1460. The van der Waals surface area contributed by atoms with Crippen LogP contribution in [0.3, 0.4) is 0 Å². The number of nitrogens with zero attached hydrogens (tertiary/aromatic N) is 2. The average molecular weight is 475 g/mol. The normalized spacial score (nSPS) is 16.4. The second-order valence-corrected chi connectivity index (χ2v) is 9.23. The maximum Gasteiger partial charge on any atom is 0.119 e. The van der Waals surface area contributed by atoms with Gasteiger partial charge in [-0.3, -0.25) is 4.90 Å². The van der Waals surface area contributed by atoms with E-state index < -0.39 is 17.8 Å². The van der Waals surface area contributed by atoms with Gasteiger partial charge in [0.2, 0.25) is 0 Å². The number of hydrogen-bond acceptors (Lipinski definition) is 4. The molecular formula is C30H34N2O3. The van der Waals surface area contributed by atoms with E-state index in [1.807, 2.05) is 35.8 Å². The van der Waals surface area contributed by atoms with Crippen LogP contribution in [0.15, 0.2) is 66.6 Å². The van der Waals surface area contributed by atoms with E-state index in [2.05, 4.69) is 4.90 Å². The largest absolute Gasteiger partial charge is 0.508 e. The van der Waals surface area contributed by atoms with E-state index in [9.17, 15) is 10.2 Å². The van der Waals surface area contributed by atoms with Crippen LogP contribution in [0.1, 0.15) is 42.3 Å². The van der Waals surface area contributed by atoms with Crippen LogP contribution in [0.2, 0.25) is 0 Å². The van der Waals surface area contributed by atoms with Crippen LogP contribution in [-0.2, 0) is 6.54 Å². The minimum Gasteiger partial charge on any atom is -0.508 e. The first-order valence-corrected chi connectivity index (χ1v) is 12.3. The monoisotopic (exact) mass is 474 g/mol. The van der Waals surface area contributed by atoms with Crippen molar-refractivity contribution in [3.63, 3.8) is 0 Å². The number of ether oxygens (including phenoxy) is 1. The Kier molecular flexibility index (Phi) is 5.62. The summed E-state index contributed by atoms with van der Waals surface area (Å²) in [5.41, 5.74) is 3.12. The smallest absolute Gasteiger partial charge is 0.119 e. The van der Waals surface area contributed by atoms with Gasteiger partial charge in [0.05, 0.1) is 11.2 Å². The van der Waals surface area contributed by atoms with Gasteiger partial charge in [0.15, 0.2) is 0 Å². The lowest BCUT2D eigenvalue weighted by Gasteiger charge is -2.19. The molecule has 1 saturated heterocycles. The maximum absolute atomic E-state index is 10.2. The molecule has 3 aromatic carbocycles. The molecule has 0 spiro atoms. The van der Waals surface area contributed by atoms with Gasteiger partial charge in [-0.25, -0.2) is 0 Å². The molecule has 0 amide bonds. The van der Waals surface area contributed by atoms with Crippen molar-refractivity contribution in [3.05, 3.63) is 77.8 Å². The van der Waals surface area contributed by atoms with Crippen molar-refractivity contribution in [2.24, 2.45) is 0 Å². The number of aryl methyl sites for hydroxylation is 1. The van der Waals surface area contributed by atoms with Crippen molar-refractivity contribution in [3.8, 4) is 28.5 Å². The summed E-state index contributed by atoms with van der Waals surface area (Å²) in [6, 6.07) is 11.3. The number of phenols is 2. The van der Waals surface area contributed by atoms with E-state index in [0.717, 1.165) is 47.4 Å². The van der Waals surface area contributed by atoms with Crippen molar-refractivity contribution in [1.29, 1.82) is 0 Å². The highest BCUT2D eigenvalue weighted by molar-refractivity contribution is 5.92. The molecule has 1 aliphatic rings. The molecular weight excluding hydrogens is 436 g/mol. The van der Waals surface area contributed by atoms with Gasteiger partial charge >= 0.3 is 0 Å². The fourth-order valence-corrected chi connectivity index (χ4v) is 4.95. The summed E-state index contributed by atoms with van der Waals surface area (Å²) in [6.07, 6.45) is 5.13. The van der Waals surface area contributed by atoms with Crippen LogP contribution >= 0.6 is 0 Å². The minimum atomic E-state index is -0.668. The first kappa shape index (κ1) is 18.8. The molecule has 5 rings (SSSR count). The Hall–Kier alpha value is -3.44. The van der Waals surface area contributed by atoms with Gasteiger partial charge in [0, 0.05) is 24.0 Å². The molecule has 1 aromatic heterocycles. The lowest BCUT2D eigenvalue weighted by atomic mass is 10.1. The van der Waals surface area contributed by atoms with Gasteiger partial charge in [-0.15, -0.1) is 0 Å². The van der Waals surface area contributed by atoms with Gasteiger partial charge in [0.25, 0.3) is 0 Å². The predicted molar refractivity (Wildman–Crippen MR) is 141 cm³/mol. The lowest BCUT2D eigenvalue weighted by molar-refractivity contribution is 0.214. The van der Waals surface area contributed by atoms with Crippen LogP contribution in [-0.4, -0.2) is 45.9 Å². The second-order valence-electron chi connectivity index (χ2n) is 9.23. The van der Waals surface area contributed by atoms with Crippen LogP contribution < -0.4 is 4.74 Å². The van der Waals surface area contributed by atoms with E-state index in [0.29, 0.717) is 18.8 Å². The summed E-state index contributed by atoms with van der Waals surface area (Å²) >= 11 is 0. The molecule has 35 heavy (non-hydrogen) atoms. The predicted octanol–water partition coefficient (Wildman–Crippen LogP) is 6.33. The Morgan fingerprint density at radius 3 is 2.31 bits per heavy atom. The first-order valence-electron chi connectivity index (χ1n) is 14.3. The Labute approximate surface area is 212 Å². The number of aromatic nitrogens is 1. The number of aromatic hydroxyl groups is 2. The molecule has 2 N–H and O–H groups in total. The van der Waals surface area contributed by atoms with Crippen molar-refractivity contribution >= 4 is 10.9 Å². The summed E-state index contributed by atoms with van der Waals surface area (Å²) in [5, 5.41) is 21.0. The van der Waals surface area contributed by atoms with Gasteiger partial charge in [-0.05, 0) is 104 Å². The third-order valence-corrected chi connectivity index (χ3v) is 6.79. The highest BCUT2D eigenvalue weighted by Crippen LogP contribution is 2.36. The average Bonchev–Trinajstić information content (AvgIpc) is 3.09. The molecule has 0 aliphatic carbocycles. The summed E-state index contributed by atoms with van der Waals surface area (Å²) in [6.45, 7) is 6.07. The van der Waals surface area contributed by atoms with Crippen molar-refractivity contribution < 1.29 is 20.4 Å². The molecule has 0 atom stereocenters. The van der Waals surface area contributed by atoms with E-state index >= 15 is 0 Å². The van der Waals surface area contributed by atoms with Gasteiger partial charge in [0.1, 0.15) is 23.9 Å². The summed E-state index contributed by atoms with van der Waals surface area (Å²) in [4.78, 5) is 2.47. The zero-order chi connectivity index (χ0) is 27.7. The highest BCUT2D eigenvalue weighted by Gasteiger charge is 2.17. The van der Waals surface area contributed by atoms with Crippen molar-refractivity contribution in [2.45, 2.75) is 39.2 Å². The fraction of sp³-hybridized carbons (Fsp3) is 0.333. The molecule has 1 fully saturated rings. The zero-order valence-corrected chi connectivity index (χ0v) is 20.1. The molecule has 5 heteroatoms. The third kappa shape index (κ3) is 5.30. The zero-order valence-electron chi connectivity index (χ0n) is 24.1. The molecule has 1 aliphatic heterocycles. The van der Waals surface area contributed by atoms with Crippen LogP contribution in [0, 0.1) is 6.92 Å². The van der Waals surface area contributed by atoms with Gasteiger partial charge in [-0.2, -0.15) is 0 Å². The Balaban J connectivity index is 1.45. The maximum atomic E-state index is 10.2. The number of fused-ring (bicyclic) bond motifs is 1. The second kappa shape index (κ2) is 10.4. The first-order chi connectivity index (χ1) is 18.8. The van der Waals surface area contributed by atoms with Gasteiger partial charge < -0.3 is 19.5 Å². The summed E-state index contributed by atoms with van der Waals surface area (Å²) in [7, 11) is 0. The third-order valence-electron chi connectivity index (χ3n) is 6.79. The topological polar surface area (TPSA) is 57.9 Å². The standard InChI is InChI=1S/C30H34N2O3/c1-22-28-20-26(34)12-15-29(28)32(30(22)24-8-10-25(33)11-9-24)21-23-6-13-27(14-7-23)35-19-18-31-16-4-2-3-5-17-31/h6-15,20,33-34H,2-5,16-19,21H2,1H3/i8D,9D,10D,11D. The van der Waals surface area contributed by atoms with E-state index in [-0.39, 0.29) is 23.4 Å². The molecule has 0 unspecified atom stereocenters. The molecule has 0 saturated carbocycles. The quantitative estimate of drug-likeness (QED) is 0.329. The SMILES string of the molecule is [2H]c1c([2H])c(-c2c(C)c3cc(O)ccc3n2Cc2ccc(OCCN3CCCCCC3)cc2)c([2H])c([2H])c1O. The number of rotatable bonds is 7. The number of benzene rings is 3. The fourth-order valence-electron chi connectivity index (χ4n) is 4.95. The van der Waals surface area contributed by atoms with E-state index in [1.165, 1.54) is 25.7 Å². The van der Waals surface area contributed by atoms with Crippen molar-refractivity contribution in [2.75, 3.05) is 26.2 Å². The molecule has 2 heterocycles. The van der Waals surface area contributed by atoms with E-state index in [1.54, 1.807) is 18.2 Å². The molecule has 4 aromatic rings. The Morgan fingerprint density at radius 1 is 0.886 bits per heavy atom. The van der Waals surface area contributed by atoms with Crippen LogP contribution in [0.5, 0.6) is 17.2 Å². The number of hydrogen-bond donors (Lipinski definition) is 2. The van der Waals surface area contributed by atoms with Crippen molar-refractivity contribution in [1.82, 2.24) is 9.47 Å². The summed E-state index contributed by atoms with van der Waals surface area (Å²) < 4.78 is 41.3. The molecule has 182 valence electrons. The number of likely N-dealkylation sites (tertiary alicyclic amines) is 1. The lowest BCUT2D eigenvalue weighted by Crippen LogP contribution is -2.29. The number of phenolic OH excluding ortho intramolecular Hbond substituents is 2. The Morgan fingerprint density at radius 2 is 1.60 bits per heavy atom. The highest BCUT2D eigenvalue weighted by atomic mass is 16.5. The van der Waals surface area contributed by atoms with Gasteiger partial charge in [-0.1, -0.05) is 25.0 Å². The van der Waals surface area contributed by atoms with Crippen LogP contribution in [0.4, 0.5) is 0 Å². The molecule has 0 radical (unpaired) electrons. The van der Waals surface area contributed by atoms with E-state index in [4.69, 9.17) is 10.2 Å².